The molecule has 2 aromatic rings. The van der Waals surface area contributed by atoms with Gasteiger partial charge in [0.2, 0.25) is 5.91 Å². The summed E-state index contributed by atoms with van der Waals surface area (Å²) in [6.07, 6.45) is 0. The van der Waals surface area contributed by atoms with E-state index in [1.165, 1.54) is 37.4 Å². The van der Waals surface area contributed by atoms with Crippen LogP contribution in [0.15, 0.2) is 53.4 Å². The fourth-order valence-corrected chi connectivity index (χ4v) is 3.73. The molecule has 0 aromatic heterocycles. The fraction of sp³-hybridized carbons (Fsp3) is 0.118. The summed E-state index contributed by atoms with van der Waals surface area (Å²) in [5, 5.41) is 2.42. The van der Waals surface area contributed by atoms with Crippen molar-refractivity contribution in [2.75, 3.05) is 18.1 Å². The summed E-state index contributed by atoms with van der Waals surface area (Å²) in [6.45, 7) is 0. The minimum Gasteiger partial charge on any atom is -0.324 e. The van der Waals surface area contributed by atoms with Crippen molar-refractivity contribution < 1.29 is 22.8 Å². The number of carbonyl (C=O) groups is 3. The molecule has 0 bridgehead atoms. The summed E-state index contributed by atoms with van der Waals surface area (Å²) < 4.78 is 24.5. The highest BCUT2D eigenvalue weighted by Gasteiger charge is 2.35. The first-order valence-corrected chi connectivity index (χ1v) is 8.99. The molecule has 0 atom stereocenters. The number of anilines is 1. The predicted molar refractivity (Wildman–Crippen MR) is 90.0 cm³/mol. The highest BCUT2D eigenvalue weighted by atomic mass is 32.2. The maximum atomic E-state index is 12.2. The van der Waals surface area contributed by atoms with Crippen molar-refractivity contribution in [2.24, 2.45) is 0 Å². The van der Waals surface area contributed by atoms with Crippen LogP contribution in [0.25, 0.3) is 0 Å². The second-order valence-corrected chi connectivity index (χ2v) is 7.51. The van der Waals surface area contributed by atoms with Gasteiger partial charge in [-0.15, -0.1) is 0 Å². The van der Waals surface area contributed by atoms with Gasteiger partial charge in [0, 0.05) is 7.05 Å². The Morgan fingerprint density at radius 3 is 2.36 bits per heavy atom. The summed E-state index contributed by atoms with van der Waals surface area (Å²) in [6, 6.07) is 12.1. The van der Waals surface area contributed by atoms with Gasteiger partial charge in [-0.05, 0) is 24.3 Å². The van der Waals surface area contributed by atoms with E-state index in [1.54, 1.807) is 18.2 Å². The van der Waals surface area contributed by atoms with E-state index in [0.717, 1.165) is 4.90 Å². The maximum absolute atomic E-state index is 12.2. The molecule has 0 fully saturated rings. The SMILES string of the molecule is CN1C(=O)c2cccc(NC(=O)CS(=O)(=O)c3ccccc3)c2C1=O. The van der Waals surface area contributed by atoms with Gasteiger partial charge in [-0.25, -0.2) is 8.42 Å². The molecule has 1 heterocycles. The molecular formula is C17H14N2O5S. The van der Waals surface area contributed by atoms with Crippen molar-refractivity contribution in [3.63, 3.8) is 0 Å². The number of rotatable bonds is 4. The number of amides is 3. The molecule has 1 aliphatic rings. The van der Waals surface area contributed by atoms with Crippen LogP contribution < -0.4 is 5.32 Å². The molecule has 8 heteroatoms. The maximum Gasteiger partial charge on any atom is 0.263 e. The zero-order valence-electron chi connectivity index (χ0n) is 13.2. The Labute approximate surface area is 144 Å². The van der Waals surface area contributed by atoms with Crippen LogP contribution >= 0.6 is 0 Å². The van der Waals surface area contributed by atoms with E-state index in [-0.39, 0.29) is 21.7 Å². The van der Waals surface area contributed by atoms with Crippen LogP contribution in [0.2, 0.25) is 0 Å². The molecule has 0 unspecified atom stereocenters. The first kappa shape index (κ1) is 16.8. The Bertz CT molecular complexity index is 983. The van der Waals surface area contributed by atoms with Gasteiger partial charge in [0.05, 0.1) is 21.7 Å². The Balaban J connectivity index is 1.84. The lowest BCUT2D eigenvalue weighted by Gasteiger charge is -2.09. The molecule has 7 nitrogen and oxygen atoms in total. The first-order valence-electron chi connectivity index (χ1n) is 7.34. The van der Waals surface area contributed by atoms with Crippen molar-refractivity contribution in [3.8, 4) is 0 Å². The van der Waals surface area contributed by atoms with E-state index in [0.29, 0.717) is 0 Å². The van der Waals surface area contributed by atoms with Crippen LogP contribution in [0.5, 0.6) is 0 Å². The van der Waals surface area contributed by atoms with Crippen LogP contribution in [-0.2, 0) is 14.6 Å². The zero-order valence-corrected chi connectivity index (χ0v) is 14.0. The minimum absolute atomic E-state index is 0.0365. The summed E-state index contributed by atoms with van der Waals surface area (Å²) in [5.74, 6) is -2.56. The summed E-state index contributed by atoms with van der Waals surface area (Å²) >= 11 is 0. The third-order valence-corrected chi connectivity index (χ3v) is 5.45. The van der Waals surface area contributed by atoms with E-state index in [4.69, 9.17) is 0 Å². The quantitative estimate of drug-likeness (QED) is 0.831. The lowest BCUT2D eigenvalue weighted by atomic mass is 10.1. The number of hydrogen-bond donors (Lipinski definition) is 1. The molecule has 1 N–H and O–H groups in total. The molecule has 3 amide bonds. The first-order chi connectivity index (χ1) is 11.8. The van der Waals surface area contributed by atoms with Gasteiger partial charge in [0.15, 0.2) is 9.84 Å². The standard InChI is InChI=1S/C17H14N2O5S/c1-19-16(21)12-8-5-9-13(15(12)17(19)22)18-14(20)10-25(23,24)11-6-3-2-4-7-11/h2-9H,10H2,1H3,(H,18,20). The molecule has 2 aromatic carbocycles. The van der Waals surface area contributed by atoms with Gasteiger partial charge >= 0.3 is 0 Å². The van der Waals surface area contributed by atoms with E-state index < -0.39 is 33.3 Å². The number of hydrogen-bond acceptors (Lipinski definition) is 5. The Morgan fingerprint density at radius 1 is 1.00 bits per heavy atom. The Morgan fingerprint density at radius 2 is 1.68 bits per heavy atom. The van der Waals surface area contributed by atoms with Crippen LogP contribution in [0, 0.1) is 0 Å². The molecule has 25 heavy (non-hydrogen) atoms. The number of sulfone groups is 1. The van der Waals surface area contributed by atoms with Gasteiger partial charge in [-0.2, -0.15) is 0 Å². The van der Waals surface area contributed by atoms with Crippen LogP contribution in [0.1, 0.15) is 20.7 Å². The van der Waals surface area contributed by atoms with Gasteiger partial charge in [-0.1, -0.05) is 24.3 Å². The molecule has 3 rings (SSSR count). The monoisotopic (exact) mass is 358 g/mol. The van der Waals surface area contributed by atoms with Gasteiger partial charge in [0.25, 0.3) is 11.8 Å². The largest absolute Gasteiger partial charge is 0.324 e. The van der Waals surface area contributed by atoms with E-state index in [1.807, 2.05) is 0 Å². The van der Waals surface area contributed by atoms with Crippen molar-refractivity contribution in [1.82, 2.24) is 4.90 Å². The van der Waals surface area contributed by atoms with E-state index >= 15 is 0 Å². The predicted octanol–water partition coefficient (Wildman–Crippen LogP) is 1.32. The number of benzene rings is 2. The fourth-order valence-electron chi connectivity index (χ4n) is 2.58. The van der Waals surface area contributed by atoms with Crippen LogP contribution in [0.4, 0.5) is 5.69 Å². The average molecular weight is 358 g/mol. The highest BCUT2D eigenvalue weighted by Crippen LogP contribution is 2.28. The third-order valence-electron chi connectivity index (χ3n) is 3.82. The van der Waals surface area contributed by atoms with Gasteiger partial charge < -0.3 is 5.32 Å². The van der Waals surface area contributed by atoms with Gasteiger partial charge in [-0.3, -0.25) is 19.3 Å². The molecule has 0 spiro atoms. The summed E-state index contributed by atoms with van der Waals surface area (Å²) in [7, 11) is -2.46. The third kappa shape index (κ3) is 3.03. The van der Waals surface area contributed by atoms with Crippen LogP contribution in [0.3, 0.4) is 0 Å². The smallest absolute Gasteiger partial charge is 0.263 e. The lowest BCUT2D eigenvalue weighted by Crippen LogP contribution is -2.26. The number of fused-ring (bicyclic) bond motifs is 1. The molecule has 128 valence electrons. The zero-order chi connectivity index (χ0) is 18.2. The second kappa shape index (κ2) is 6.14. The van der Waals surface area contributed by atoms with Crippen LogP contribution in [-0.4, -0.2) is 43.8 Å². The summed E-state index contributed by atoms with van der Waals surface area (Å²) in [5.41, 5.74) is 0.366. The molecule has 0 aliphatic carbocycles. The van der Waals surface area contributed by atoms with Crippen molar-refractivity contribution >= 4 is 33.2 Å². The van der Waals surface area contributed by atoms with E-state index in [2.05, 4.69) is 5.32 Å². The van der Waals surface area contributed by atoms with Gasteiger partial charge in [0.1, 0.15) is 5.75 Å². The molecule has 0 saturated carbocycles. The Hall–Kier alpha value is -3.00. The molecular weight excluding hydrogens is 344 g/mol. The number of nitrogens with one attached hydrogen (secondary N) is 1. The lowest BCUT2D eigenvalue weighted by molar-refractivity contribution is -0.113. The number of carbonyl (C=O) groups excluding carboxylic acids is 3. The molecule has 0 radical (unpaired) electrons. The Kier molecular flexibility index (Phi) is 4.13. The number of imide groups is 1. The minimum atomic E-state index is -3.80. The molecule has 0 saturated heterocycles. The highest BCUT2D eigenvalue weighted by molar-refractivity contribution is 7.92. The normalized spacial score (nSPS) is 13.7. The van der Waals surface area contributed by atoms with Crippen molar-refractivity contribution in [3.05, 3.63) is 59.7 Å². The van der Waals surface area contributed by atoms with Crippen molar-refractivity contribution in [1.29, 1.82) is 0 Å². The molecule has 1 aliphatic heterocycles. The second-order valence-electron chi connectivity index (χ2n) is 5.52. The summed E-state index contributed by atoms with van der Waals surface area (Å²) in [4.78, 5) is 37.3. The topological polar surface area (TPSA) is 101 Å². The van der Waals surface area contributed by atoms with E-state index in [9.17, 15) is 22.8 Å². The van der Waals surface area contributed by atoms with Crippen molar-refractivity contribution in [2.45, 2.75) is 4.90 Å². The number of nitrogens with zero attached hydrogens (tertiary/aromatic N) is 1. The average Bonchev–Trinajstić information content (AvgIpc) is 2.80.